The number of hydrogen-bond donors (Lipinski definition) is 0. The molecule has 2 aromatic rings. The number of rotatable bonds is 1. The van der Waals surface area contributed by atoms with E-state index in [1.165, 1.54) is 22.3 Å². The van der Waals surface area contributed by atoms with E-state index in [9.17, 15) is 0 Å². The minimum absolute atomic E-state index is 0.0222. The SMILES string of the molecule is C1=CC(B2O[C@@H]3c4ccccc4-c4ccccc4[C@@H]3O2)=CC1. The summed E-state index contributed by atoms with van der Waals surface area (Å²) in [6.45, 7) is 0. The molecule has 2 aromatic carbocycles. The summed E-state index contributed by atoms with van der Waals surface area (Å²) in [6.07, 6.45) is 7.36. The Bertz CT molecular complexity index is 755. The molecular weight excluding hydrogens is 271 g/mol. The molecule has 0 aromatic heterocycles. The quantitative estimate of drug-likeness (QED) is 0.723. The third-order valence-electron chi connectivity index (χ3n) is 4.71. The molecule has 0 unspecified atom stereocenters. The second-order valence-corrected chi connectivity index (χ2v) is 5.96. The maximum atomic E-state index is 6.29. The second kappa shape index (κ2) is 4.70. The molecule has 1 heterocycles. The highest BCUT2D eigenvalue weighted by Gasteiger charge is 2.46. The normalized spacial score (nSPS) is 24.7. The van der Waals surface area contributed by atoms with E-state index in [0.717, 1.165) is 11.9 Å². The Morgan fingerprint density at radius 2 is 1.41 bits per heavy atom. The highest BCUT2D eigenvalue weighted by atomic mass is 16.7. The predicted molar refractivity (Wildman–Crippen MR) is 87.1 cm³/mol. The Hall–Kier alpha value is -2.10. The van der Waals surface area contributed by atoms with Crippen LogP contribution in [-0.4, -0.2) is 7.12 Å². The van der Waals surface area contributed by atoms with Gasteiger partial charge >= 0.3 is 7.12 Å². The molecule has 3 aliphatic rings. The van der Waals surface area contributed by atoms with Gasteiger partial charge in [0.1, 0.15) is 0 Å². The van der Waals surface area contributed by atoms with E-state index in [4.69, 9.17) is 9.31 Å². The minimum atomic E-state index is -0.257. The lowest BCUT2D eigenvalue weighted by atomic mass is 9.79. The van der Waals surface area contributed by atoms with E-state index < -0.39 is 0 Å². The van der Waals surface area contributed by atoms with Crippen molar-refractivity contribution in [2.24, 2.45) is 0 Å². The first-order valence-corrected chi connectivity index (χ1v) is 7.77. The summed E-state index contributed by atoms with van der Waals surface area (Å²) in [5.41, 5.74) is 6.14. The first-order chi connectivity index (χ1) is 10.9. The first kappa shape index (κ1) is 12.4. The van der Waals surface area contributed by atoms with Crippen LogP contribution in [0.1, 0.15) is 29.8 Å². The summed E-state index contributed by atoms with van der Waals surface area (Å²) in [5.74, 6) is 0. The molecule has 1 aliphatic heterocycles. The van der Waals surface area contributed by atoms with Gasteiger partial charge in [-0.1, -0.05) is 66.8 Å². The van der Waals surface area contributed by atoms with Crippen molar-refractivity contribution in [3.05, 3.63) is 83.4 Å². The van der Waals surface area contributed by atoms with Gasteiger partial charge in [-0.25, -0.2) is 0 Å². The molecule has 5 rings (SSSR count). The number of allylic oxidation sites excluding steroid dienone is 4. The maximum Gasteiger partial charge on any atom is 0.494 e. The van der Waals surface area contributed by atoms with Crippen LogP contribution in [0.2, 0.25) is 0 Å². The van der Waals surface area contributed by atoms with E-state index in [2.05, 4.69) is 66.8 Å². The van der Waals surface area contributed by atoms with Gasteiger partial charge in [0, 0.05) is 0 Å². The van der Waals surface area contributed by atoms with Gasteiger partial charge in [0.15, 0.2) is 0 Å². The van der Waals surface area contributed by atoms with Crippen LogP contribution in [0.15, 0.2) is 72.2 Å². The van der Waals surface area contributed by atoms with Gasteiger partial charge in [-0.3, -0.25) is 0 Å². The molecule has 0 radical (unpaired) electrons. The standard InChI is InChI=1S/C19H15BO2/c1-2-8-13(7-1)20-21-18-16-11-5-3-9-14(16)15-10-4-6-12-17(15)19(18)22-20/h1,3-12,18-19H,2H2/t18-,19+. The lowest BCUT2D eigenvalue weighted by Gasteiger charge is -2.29. The lowest BCUT2D eigenvalue weighted by molar-refractivity contribution is 0.157. The fraction of sp³-hybridized carbons (Fsp3) is 0.158. The molecule has 106 valence electrons. The molecule has 0 saturated carbocycles. The first-order valence-electron chi connectivity index (χ1n) is 7.77. The van der Waals surface area contributed by atoms with Crippen LogP contribution in [0.3, 0.4) is 0 Å². The largest absolute Gasteiger partial charge is 0.494 e. The molecule has 0 amide bonds. The van der Waals surface area contributed by atoms with E-state index in [0.29, 0.717) is 0 Å². The molecule has 2 nitrogen and oxygen atoms in total. The molecule has 3 heteroatoms. The van der Waals surface area contributed by atoms with Gasteiger partial charge in [0.25, 0.3) is 0 Å². The van der Waals surface area contributed by atoms with Crippen molar-refractivity contribution in [3.63, 3.8) is 0 Å². The van der Waals surface area contributed by atoms with Crippen LogP contribution in [0, 0.1) is 0 Å². The third-order valence-corrected chi connectivity index (χ3v) is 4.71. The second-order valence-electron chi connectivity index (χ2n) is 5.96. The topological polar surface area (TPSA) is 18.5 Å². The van der Waals surface area contributed by atoms with Gasteiger partial charge in [0.05, 0.1) is 12.2 Å². The zero-order valence-electron chi connectivity index (χ0n) is 12.1. The van der Waals surface area contributed by atoms with Crippen LogP contribution < -0.4 is 0 Å². The molecular formula is C19H15BO2. The summed E-state index contributed by atoms with van der Waals surface area (Å²) in [4.78, 5) is 0. The summed E-state index contributed by atoms with van der Waals surface area (Å²) in [7, 11) is -0.257. The molecule has 0 spiro atoms. The third kappa shape index (κ3) is 1.70. The smallest absolute Gasteiger partial charge is 0.397 e. The van der Waals surface area contributed by atoms with Crippen molar-refractivity contribution < 1.29 is 9.31 Å². The van der Waals surface area contributed by atoms with E-state index in [-0.39, 0.29) is 19.3 Å². The van der Waals surface area contributed by atoms with Crippen molar-refractivity contribution in [1.29, 1.82) is 0 Å². The Balaban J connectivity index is 1.65. The van der Waals surface area contributed by atoms with Crippen molar-refractivity contribution in [1.82, 2.24) is 0 Å². The molecule has 2 atom stereocenters. The van der Waals surface area contributed by atoms with Crippen LogP contribution in [0.4, 0.5) is 0 Å². The number of benzene rings is 2. The van der Waals surface area contributed by atoms with Crippen LogP contribution >= 0.6 is 0 Å². The Morgan fingerprint density at radius 1 is 0.818 bits per heavy atom. The highest BCUT2D eigenvalue weighted by molar-refractivity contribution is 6.55. The molecule has 1 saturated heterocycles. The van der Waals surface area contributed by atoms with Crippen molar-refractivity contribution in [2.75, 3.05) is 0 Å². The van der Waals surface area contributed by atoms with Gasteiger partial charge in [0.2, 0.25) is 0 Å². The Morgan fingerprint density at radius 3 is 1.95 bits per heavy atom. The highest BCUT2D eigenvalue weighted by Crippen LogP contribution is 2.52. The van der Waals surface area contributed by atoms with E-state index in [1.807, 2.05) is 0 Å². The molecule has 22 heavy (non-hydrogen) atoms. The summed E-state index contributed by atoms with van der Waals surface area (Å²) < 4.78 is 12.6. The summed E-state index contributed by atoms with van der Waals surface area (Å²) >= 11 is 0. The average Bonchev–Trinajstić information content (AvgIpc) is 3.24. The van der Waals surface area contributed by atoms with E-state index in [1.54, 1.807) is 0 Å². The fourth-order valence-corrected chi connectivity index (χ4v) is 3.70. The maximum absolute atomic E-state index is 6.29. The Labute approximate surface area is 130 Å². The monoisotopic (exact) mass is 286 g/mol. The van der Waals surface area contributed by atoms with Crippen molar-refractivity contribution in [2.45, 2.75) is 18.6 Å². The molecule has 2 aliphatic carbocycles. The number of hydrogen-bond acceptors (Lipinski definition) is 2. The summed E-state index contributed by atoms with van der Waals surface area (Å²) in [5, 5.41) is 0. The molecule has 0 N–H and O–H groups in total. The van der Waals surface area contributed by atoms with Crippen LogP contribution in [-0.2, 0) is 9.31 Å². The lowest BCUT2D eigenvalue weighted by Crippen LogP contribution is -2.16. The van der Waals surface area contributed by atoms with Crippen molar-refractivity contribution in [3.8, 4) is 11.1 Å². The fourth-order valence-electron chi connectivity index (χ4n) is 3.70. The van der Waals surface area contributed by atoms with Gasteiger partial charge in [-0.15, -0.1) is 0 Å². The average molecular weight is 286 g/mol. The van der Waals surface area contributed by atoms with E-state index >= 15 is 0 Å². The number of fused-ring (bicyclic) bond motifs is 6. The van der Waals surface area contributed by atoms with Crippen LogP contribution in [0.5, 0.6) is 0 Å². The zero-order chi connectivity index (χ0) is 14.5. The van der Waals surface area contributed by atoms with Gasteiger partial charge in [-0.2, -0.15) is 0 Å². The van der Waals surface area contributed by atoms with Gasteiger partial charge < -0.3 is 9.31 Å². The molecule has 0 bridgehead atoms. The van der Waals surface area contributed by atoms with Crippen LogP contribution in [0.25, 0.3) is 11.1 Å². The van der Waals surface area contributed by atoms with Crippen molar-refractivity contribution >= 4 is 7.12 Å². The van der Waals surface area contributed by atoms with Gasteiger partial charge in [-0.05, 0) is 34.1 Å². The Kier molecular flexibility index (Phi) is 2.66. The zero-order valence-corrected chi connectivity index (χ0v) is 12.1. The summed E-state index contributed by atoms with van der Waals surface area (Å²) in [6, 6.07) is 17.0. The predicted octanol–water partition coefficient (Wildman–Crippen LogP) is 4.41. The minimum Gasteiger partial charge on any atom is -0.397 e. The molecule has 1 fully saturated rings.